The van der Waals surface area contributed by atoms with Gasteiger partial charge in [-0.15, -0.1) is 11.3 Å². The molecule has 34 heavy (non-hydrogen) atoms. The molecule has 0 fully saturated rings. The van der Waals surface area contributed by atoms with Gasteiger partial charge >= 0.3 is 6.18 Å². The van der Waals surface area contributed by atoms with Crippen molar-refractivity contribution in [3.8, 4) is 0 Å². The smallest absolute Gasteiger partial charge is 0.333 e. The number of carbonyl (C=O) groups excluding carboxylic acids is 1. The number of hydrogen-bond donors (Lipinski definition) is 0. The third-order valence-corrected chi connectivity index (χ3v) is 7.13. The van der Waals surface area contributed by atoms with Crippen molar-refractivity contribution in [1.29, 1.82) is 0 Å². The zero-order valence-electron chi connectivity index (χ0n) is 18.2. The highest BCUT2D eigenvalue weighted by molar-refractivity contribution is 7.18. The van der Waals surface area contributed by atoms with Gasteiger partial charge in [0, 0.05) is 17.0 Å². The standard InChI is InChI=1S/C25H20F3N3O2S/c1-15-3-2-4-16(11-15)12-31-14-29-22-21(24(31)33)19-9-10-30(13-20(19)34-22)23(32)17-5-7-18(8-6-17)25(26,27)28/h2-8,11,14H,9-10,12-13H2,1H3. The Balaban J connectivity index is 1.41. The average molecular weight is 484 g/mol. The molecule has 5 rings (SSSR count). The second-order valence-electron chi connectivity index (χ2n) is 8.40. The van der Waals surface area contributed by atoms with Crippen molar-refractivity contribution in [2.45, 2.75) is 32.6 Å². The summed E-state index contributed by atoms with van der Waals surface area (Å²) in [6, 6.07) is 12.2. The topological polar surface area (TPSA) is 55.2 Å². The molecule has 0 saturated heterocycles. The first-order valence-electron chi connectivity index (χ1n) is 10.7. The van der Waals surface area contributed by atoms with Crippen LogP contribution >= 0.6 is 11.3 Å². The molecule has 0 radical (unpaired) electrons. The number of carbonyl (C=O) groups is 1. The van der Waals surface area contributed by atoms with Crippen molar-refractivity contribution >= 4 is 27.5 Å². The van der Waals surface area contributed by atoms with Gasteiger partial charge in [0.1, 0.15) is 4.83 Å². The van der Waals surface area contributed by atoms with Crippen molar-refractivity contribution in [2.75, 3.05) is 6.54 Å². The Morgan fingerprint density at radius 3 is 2.62 bits per heavy atom. The monoisotopic (exact) mass is 483 g/mol. The third-order valence-electron chi connectivity index (χ3n) is 6.01. The number of hydrogen-bond acceptors (Lipinski definition) is 4. The van der Waals surface area contributed by atoms with Crippen molar-refractivity contribution in [3.05, 3.63) is 97.9 Å². The van der Waals surface area contributed by atoms with E-state index >= 15 is 0 Å². The van der Waals surface area contributed by atoms with Gasteiger partial charge in [-0.25, -0.2) is 4.98 Å². The third kappa shape index (κ3) is 4.11. The van der Waals surface area contributed by atoms with Crippen molar-refractivity contribution in [1.82, 2.24) is 14.5 Å². The van der Waals surface area contributed by atoms with Gasteiger partial charge < -0.3 is 4.90 Å². The molecule has 1 aliphatic rings. The quantitative estimate of drug-likeness (QED) is 0.411. The van der Waals surface area contributed by atoms with Crippen LogP contribution in [0.4, 0.5) is 13.2 Å². The van der Waals surface area contributed by atoms with Crippen LogP contribution in [0.5, 0.6) is 0 Å². The molecule has 0 N–H and O–H groups in total. The number of halogens is 3. The second kappa shape index (κ2) is 8.39. The molecule has 2 aromatic heterocycles. The number of nitrogens with zero attached hydrogens (tertiary/aromatic N) is 3. The summed E-state index contributed by atoms with van der Waals surface area (Å²) in [6.07, 6.45) is -2.40. The number of rotatable bonds is 3. The molecule has 3 heterocycles. The predicted molar refractivity (Wildman–Crippen MR) is 124 cm³/mol. The average Bonchev–Trinajstić information content (AvgIpc) is 3.18. The van der Waals surface area contributed by atoms with Gasteiger partial charge in [-0.2, -0.15) is 13.2 Å². The van der Waals surface area contributed by atoms with Crippen molar-refractivity contribution in [3.63, 3.8) is 0 Å². The molecule has 0 bridgehead atoms. The van der Waals surface area contributed by atoms with Gasteiger partial charge in [-0.3, -0.25) is 14.2 Å². The van der Waals surface area contributed by atoms with E-state index in [-0.39, 0.29) is 17.0 Å². The van der Waals surface area contributed by atoms with Crippen LogP contribution in [0.15, 0.2) is 59.7 Å². The first-order valence-corrected chi connectivity index (χ1v) is 11.5. The molecule has 2 aromatic carbocycles. The number of thiophene rings is 1. The second-order valence-corrected chi connectivity index (χ2v) is 9.49. The number of fused-ring (bicyclic) bond motifs is 3. The molecule has 0 aliphatic carbocycles. The van der Waals surface area contributed by atoms with Crippen LogP contribution in [0.3, 0.4) is 0 Å². The maximum absolute atomic E-state index is 13.3. The fourth-order valence-corrected chi connectivity index (χ4v) is 5.49. The Morgan fingerprint density at radius 1 is 1.15 bits per heavy atom. The number of amides is 1. The van der Waals surface area contributed by atoms with Gasteiger partial charge in [0.25, 0.3) is 11.5 Å². The summed E-state index contributed by atoms with van der Waals surface area (Å²) in [7, 11) is 0. The Morgan fingerprint density at radius 2 is 1.91 bits per heavy atom. The molecule has 0 saturated carbocycles. The lowest BCUT2D eigenvalue weighted by Gasteiger charge is -2.27. The van der Waals surface area contributed by atoms with E-state index in [1.807, 2.05) is 31.2 Å². The molecule has 4 aromatic rings. The lowest BCUT2D eigenvalue weighted by molar-refractivity contribution is -0.137. The summed E-state index contributed by atoms with van der Waals surface area (Å²) in [5, 5.41) is 0.594. The summed E-state index contributed by atoms with van der Waals surface area (Å²) in [5.41, 5.74) is 2.35. The molecule has 5 nitrogen and oxygen atoms in total. The van der Waals surface area contributed by atoms with Crippen LogP contribution < -0.4 is 5.56 Å². The molecule has 1 aliphatic heterocycles. The summed E-state index contributed by atoms with van der Waals surface area (Å²) in [6.45, 7) is 3.10. The minimum Gasteiger partial charge on any atom is -0.333 e. The van der Waals surface area contributed by atoms with Crippen molar-refractivity contribution < 1.29 is 18.0 Å². The molecule has 1 amide bonds. The maximum atomic E-state index is 13.3. The number of benzene rings is 2. The molecular weight excluding hydrogens is 463 g/mol. The fourth-order valence-electron chi connectivity index (χ4n) is 4.30. The SMILES string of the molecule is Cc1cccc(Cn2cnc3sc4c(c3c2=O)CCN(C(=O)c2ccc(C(F)(F)F)cc2)C4)c1. The van der Waals surface area contributed by atoms with E-state index < -0.39 is 11.7 Å². The van der Waals surface area contributed by atoms with E-state index in [0.717, 1.165) is 33.7 Å². The summed E-state index contributed by atoms with van der Waals surface area (Å²) in [4.78, 5) is 33.8. The van der Waals surface area contributed by atoms with Gasteiger partial charge in [0.2, 0.25) is 0 Å². The minimum atomic E-state index is -4.45. The summed E-state index contributed by atoms with van der Waals surface area (Å²) < 4.78 is 40.0. The Bertz CT molecular complexity index is 1460. The maximum Gasteiger partial charge on any atom is 0.416 e. The first kappa shape index (κ1) is 22.3. The number of aryl methyl sites for hydroxylation is 1. The summed E-state index contributed by atoms with van der Waals surface area (Å²) >= 11 is 1.39. The molecule has 0 unspecified atom stereocenters. The largest absolute Gasteiger partial charge is 0.416 e. The highest BCUT2D eigenvalue weighted by atomic mass is 32.1. The number of aromatic nitrogens is 2. The highest BCUT2D eigenvalue weighted by Gasteiger charge is 2.31. The lowest BCUT2D eigenvalue weighted by Crippen LogP contribution is -2.35. The van der Waals surface area contributed by atoms with Crippen LogP contribution in [0.2, 0.25) is 0 Å². The minimum absolute atomic E-state index is 0.105. The van der Waals surface area contributed by atoms with Gasteiger partial charge in [-0.05, 0) is 48.7 Å². The van der Waals surface area contributed by atoms with Crippen LogP contribution in [-0.4, -0.2) is 26.9 Å². The van der Waals surface area contributed by atoms with E-state index in [0.29, 0.717) is 36.3 Å². The van der Waals surface area contributed by atoms with Crippen LogP contribution in [0, 0.1) is 6.92 Å². The zero-order valence-corrected chi connectivity index (χ0v) is 19.0. The van der Waals surface area contributed by atoms with E-state index in [4.69, 9.17) is 0 Å². The molecular formula is C25H20F3N3O2S. The highest BCUT2D eigenvalue weighted by Crippen LogP contribution is 2.33. The Kier molecular flexibility index (Phi) is 5.51. The van der Waals surface area contributed by atoms with E-state index in [1.165, 1.54) is 23.5 Å². The van der Waals surface area contributed by atoms with E-state index in [9.17, 15) is 22.8 Å². The van der Waals surface area contributed by atoms with Crippen LogP contribution in [0.25, 0.3) is 10.2 Å². The normalized spacial score (nSPS) is 13.8. The molecule has 0 spiro atoms. The van der Waals surface area contributed by atoms with Crippen LogP contribution in [0.1, 0.15) is 37.5 Å². The predicted octanol–water partition coefficient (Wildman–Crippen LogP) is 5.03. The molecule has 174 valence electrons. The van der Waals surface area contributed by atoms with Crippen LogP contribution in [-0.2, 0) is 25.7 Å². The van der Waals surface area contributed by atoms with E-state index in [1.54, 1.807) is 15.8 Å². The fraction of sp³-hybridized carbons (Fsp3) is 0.240. The molecule has 0 atom stereocenters. The Labute approximate surface area is 197 Å². The van der Waals surface area contributed by atoms with Gasteiger partial charge in [-0.1, -0.05) is 29.8 Å². The van der Waals surface area contributed by atoms with Gasteiger partial charge in [0.05, 0.1) is 30.4 Å². The van der Waals surface area contributed by atoms with Gasteiger partial charge in [0.15, 0.2) is 0 Å². The first-order chi connectivity index (χ1) is 16.2. The molecule has 9 heteroatoms. The van der Waals surface area contributed by atoms with Crippen molar-refractivity contribution in [2.24, 2.45) is 0 Å². The lowest BCUT2D eigenvalue weighted by atomic mass is 10.0. The Hall–Kier alpha value is -3.46. The number of alkyl halides is 3. The van der Waals surface area contributed by atoms with E-state index in [2.05, 4.69) is 4.98 Å². The summed E-state index contributed by atoms with van der Waals surface area (Å²) in [5.74, 6) is -0.332. The zero-order chi connectivity index (χ0) is 24.0.